The number of nitrogens with zero attached hydrogens (tertiary/aromatic N) is 1. The van der Waals surface area contributed by atoms with Crippen molar-refractivity contribution in [2.24, 2.45) is 0 Å². The number of nitrogens with one attached hydrogen (secondary N) is 1. The topological polar surface area (TPSA) is 58.6 Å². The third kappa shape index (κ3) is 3.53. The summed E-state index contributed by atoms with van der Waals surface area (Å²) in [6.07, 6.45) is 3.58. The molecule has 0 unspecified atom stereocenters. The van der Waals surface area contributed by atoms with Gasteiger partial charge in [0.1, 0.15) is 5.75 Å². The van der Waals surface area contributed by atoms with Crippen LogP contribution in [0.3, 0.4) is 0 Å². The van der Waals surface area contributed by atoms with Crippen molar-refractivity contribution in [1.29, 1.82) is 0 Å². The third-order valence-corrected chi connectivity index (χ3v) is 3.16. The summed E-state index contributed by atoms with van der Waals surface area (Å²) in [7, 11) is 0.436. The molecule has 18 heavy (non-hydrogen) atoms. The summed E-state index contributed by atoms with van der Waals surface area (Å²) in [6.45, 7) is 0. The van der Waals surface area contributed by atoms with Crippen LogP contribution in [-0.2, 0) is 10.0 Å². The summed E-state index contributed by atoms with van der Waals surface area (Å²) in [5.74, 6) is 0.703. The van der Waals surface area contributed by atoms with Crippen molar-refractivity contribution in [3.05, 3.63) is 18.2 Å². The molecule has 1 fully saturated rings. The highest BCUT2D eigenvalue weighted by Gasteiger charge is 2.24. The van der Waals surface area contributed by atoms with Crippen molar-refractivity contribution in [3.63, 3.8) is 0 Å². The number of hydrogen-bond donors (Lipinski definition) is 1. The molecule has 0 amide bonds. The van der Waals surface area contributed by atoms with Crippen molar-refractivity contribution >= 4 is 21.4 Å². The number of ether oxygens (including phenoxy) is 1. The predicted molar refractivity (Wildman–Crippen MR) is 72.9 cm³/mol. The molecular formula is C12H18N2O3S. The summed E-state index contributed by atoms with van der Waals surface area (Å²) in [6, 6.07) is 5.45. The second kappa shape index (κ2) is 4.68. The Kier molecular flexibility index (Phi) is 3.38. The normalized spacial score (nSPS) is 15.3. The number of sulfonamides is 1. The van der Waals surface area contributed by atoms with E-state index in [1.807, 2.05) is 31.1 Å². The average molecular weight is 270 g/mol. The molecule has 0 radical (unpaired) electrons. The minimum Gasteiger partial charge on any atom is -0.490 e. The summed E-state index contributed by atoms with van der Waals surface area (Å²) >= 11 is 0. The van der Waals surface area contributed by atoms with Crippen LogP contribution < -0.4 is 14.4 Å². The first-order valence-corrected chi connectivity index (χ1v) is 7.70. The van der Waals surface area contributed by atoms with Gasteiger partial charge in [0, 0.05) is 20.2 Å². The van der Waals surface area contributed by atoms with Gasteiger partial charge in [0.2, 0.25) is 10.0 Å². The van der Waals surface area contributed by atoms with Gasteiger partial charge in [0.15, 0.2) is 0 Å². The van der Waals surface area contributed by atoms with E-state index in [0.29, 0.717) is 17.5 Å². The maximum absolute atomic E-state index is 11.4. The maximum Gasteiger partial charge on any atom is 0.229 e. The Morgan fingerprint density at radius 3 is 2.50 bits per heavy atom. The summed E-state index contributed by atoms with van der Waals surface area (Å²) in [5.41, 5.74) is 1.35. The predicted octanol–water partition coefficient (Wildman–Crippen LogP) is 1.67. The molecule has 5 nitrogen and oxygen atoms in total. The van der Waals surface area contributed by atoms with Gasteiger partial charge in [0.05, 0.1) is 23.7 Å². The van der Waals surface area contributed by atoms with Crippen LogP contribution in [-0.4, -0.2) is 34.9 Å². The van der Waals surface area contributed by atoms with Gasteiger partial charge in [-0.3, -0.25) is 4.72 Å². The Morgan fingerprint density at radius 2 is 2.00 bits per heavy atom. The Bertz CT molecular complexity index is 536. The maximum atomic E-state index is 11.4. The zero-order valence-corrected chi connectivity index (χ0v) is 11.6. The molecule has 1 aromatic carbocycles. The molecule has 0 atom stereocenters. The van der Waals surface area contributed by atoms with Crippen LogP contribution >= 0.6 is 0 Å². The van der Waals surface area contributed by atoms with Crippen LogP contribution in [0, 0.1) is 0 Å². The molecule has 100 valence electrons. The third-order valence-electron chi connectivity index (χ3n) is 2.57. The largest absolute Gasteiger partial charge is 0.490 e. The highest BCUT2D eigenvalue weighted by Crippen LogP contribution is 2.33. The number of hydrogen-bond acceptors (Lipinski definition) is 4. The van der Waals surface area contributed by atoms with E-state index in [-0.39, 0.29) is 0 Å². The average Bonchev–Trinajstić information content (AvgIpc) is 2.98. The van der Waals surface area contributed by atoms with E-state index in [0.717, 1.165) is 24.8 Å². The van der Waals surface area contributed by atoms with E-state index in [9.17, 15) is 8.42 Å². The van der Waals surface area contributed by atoms with Gasteiger partial charge in [-0.25, -0.2) is 8.42 Å². The van der Waals surface area contributed by atoms with Gasteiger partial charge < -0.3 is 9.64 Å². The molecule has 1 aliphatic carbocycles. The van der Waals surface area contributed by atoms with E-state index in [1.54, 1.807) is 6.07 Å². The Hall–Kier alpha value is -1.43. The quantitative estimate of drug-likeness (QED) is 0.884. The molecule has 0 saturated heterocycles. The minimum atomic E-state index is -3.30. The van der Waals surface area contributed by atoms with Crippen LogP contribution in [0.5, 0.6) is 5.75 Å². The monoisotopic (exact) mass is 270 g/mol. The Balaban J connectivity index is 2.30. The van der Waals surface area contributed by atoms with Gasteiger partial charge in [-0.15, -0.1) is 0 Å². The van der Waals surface area contributed by atoms with Crippen molar-refractivity contribution < 1.29 is 13.2 Å². The molecule has 1 saturated carbocycles. The zero-order chi connectivity index (χ0) is 13.3. The SMILES string of the molecule is CN(C)c1ccc(OC2CC2)cc1NS(C)(=O)=O. The lowest BCUT2D eigenvalue weighted by molar-refractivity contribution is 0.303. The van der Waals surface area contributed by atoms with E-state index in [4.69, 9.17) is 4.74 Å². The zero-order valence-electron chi connectivity index (χ0n) is 10.8. The van der Waals surface area contributed by atoms with Gasteiger partial charge >= 0.3 is 0 Å². The lowest BCUT2D eigenvalue weighted by Gasteiger charge is -2.19. The smallest absolute Gasteiger partial charge is 0.229 e. The number of rotatable bonds is 5. The number of benzene rings is 1. The molecule has 1 aromatic rings. The summed E-state index contributed by atoms with van der Waals surface area (Å²) in [5, 5.41) is 0. The summed E-state index contributed by atoms with van der Waals surface area (Å²) < 4.78 is 30.9. The van der Waals surface area contributed by atoms with Crippen molar-refractivity contribution in [1.82, 2.24) is 0 Å². The highest BCUT2D eigenvalue weighted by atomic mass is 32.2. The van der Waals surface area contributed by atoms with Crippen LogP contribution in [0.25, 0.3) is 0 Å². The molecule has 6 heteroatoms. The second-order valence-corrected chi connectivity index (χ2v) is 6.51. The first-order chi connectivity index (χ1) is 8.35. The van der Waals surface area contributed by atoms with Crippen molar-refractivity contribution in [2.75, 3.05) is 30.0 Å². The lowest BCUT2D eigenvalue weighted by atomic mass is 10.2. The number of anilines is 2. The van der Waals surface area contributed by atoms with E-state index in [1.165, 1.54) is 0 Å². The molecule has 2 rings (SSSR count). The molecule has 0 spiro atoms. The standard InChI is InChI=1S/C12H18N2O3S/c1-14(2)12-7-6-10(17-9-4-5-9)8-11(12)13-18(3,15)16/h6-9,13H,4-5H2,1-3H3. The van der Waals surface area contributed by atoms with Crippen LogP contribution in [0.4, 0.5) is 11.4 Å². The van der Waals surface area contributed by atoms with E-state index < -0.39 is 10.0 Å². The van der Waals surface area contributed by atoms with Crippen molar-refractivity contribution in [2.45, 2.75) is 18.9 Å². The van der Waals surface area contributed by atoms with E-state index >= 15 is 0 Å². The van der Waals surface area contributed by atoms with Gasteiger partial charge in [0.25, 0.3) is 0 Å². The highest BCUT2D eigenvalue weighted by molar-refractivity contribution is 7.92. The van der Waals surface area contributed by atoms with E-state index in [2.05, 4.69) is 4.72 Å². The minimum absolute atomic E-state index is 0.293. The van der Waals surface area contributed by atoms with Crippen molar-refractivity contribution in [3.8, 4) is 5.75 Å². The molecular weight excluding hydrogens is 252 g/mol. The fourth-order valence-corrected chi connectivity index (χ4v) is 2.20. The van der Waals surface area contributed by atoms with Gasteiger partial charge in [-0.05, 0) is 25.0 Å². The first kappa shape index (κ1) is 13.0. The molecule has 1 N–H and O–H groups in total. The molecule has 0 heterocycles. The first-order valence-electron chi connectivity index (χ1n) is 5.81. The van der Waals surface area contributed by atoms with Crippen LogP contribution in [0.1, 0.15) is 12.8 Å². The fourth-order valence-electron chi connectivity index (χ4n) is 1.64. The second-order valence-electron chi connectivity index (χ2n) is 4.76. The molecule has 0 bridgehead atoms. The fraction of sp³-hybridized carbons (Fsp3) is 0.500. The Labute approximate surface area is 108 Å². The van der Waals surface area contributed by atoms with Crippen LogP contribution in [0.2, 0.25) is 0 Å². The Morgan fingerprint density at radius 1 is 1.33 bits per heavy atom. The molecule has 0 aromatic heterocycles. The van der Waals surface area contributed by atoms with Crippen LogP contribution in [0.15, 0.2) is 18.2 Å². The molecule has 0 aliphatic heterocycles. The molecule has 1 aliphatic rings. The lowest BCUT2D eigenvalue weighted by Crippen LogP contribution is -2.16. The summed E-state index contributed by atoms with van der Waals surface area (Å²) in [4.78, 5) is 1.86. The van der Waals surface area contributed by atoms with Gasteiger partial charge in [-0.2, -0.15) is 0 Å². The van der Waals surface area contributed by atoms with Gasteiger partial charge in [-0.1, -0.05) is 0 Å².